The van der Waals surface area contributed by atoms with Crippen LogP contribution in [0.5, 0.6) is 0 Å². The number of nitrogens with zero attached hydrogens (tertiary/aromatic N) is 10. The van der Waals surface area contributed by atoms with Crippen LogP contribution < -0.4 is 0 Å². The van der Waals surface area contributed by atoms with Crippen LogP contribution >= 0.6 is 0 Å². The number of aromatic nitrogens is 6. The van der Waals surface area contributed by atoms with Gasteiger partial charge in [0.15, 0.2) is 11.3 Å². The number of aliphatic imine (C=N–C) groups is 2. The fourth-order valence-electron chi connectivity index (χ4n) is 4.20. The summed E-state index contributed by atoms with van der Waals surface area (Å²) in [6.07, 6.45) is 7.86. The van der Waals surface area contributed by atoms with E-state index in [0.29, 0.717) is 41.1 Å². The lowest BCUT2D eigenvalue weighted by atomic mass is 10.1. The Morgan fingerprint density at radius 3 is 2.30 bits per heavy atom. The third-order valence-electron chi connectivity index (χ3n) is 6.09. The van der Waals surface area contributed by atoms with Gasteiger partial charge < -0.3 is 0 Å². The van der Waals surface area contributed by atoms with Crippen molar-refractivity contribution in [2.24, 2.45) is 9.98 Å². The second-order valence-corrected chi connectivity index (χ2v) is 8.68. The highest BCUT2D eigenvalue weighted by Gasteiger charge is 2.15. The number of rotatable bonds is 2. The number of nitriles is 2. The molecule has 2 aliphatic rings. The van der Waals surface area contributed by atoms with Crippen LogP contribution in [-0.4, -0.2) is 41.1 Å². The highest BCUT2D eigenvalue weighted by atomic mass is 19.1. The van der Waals surface area contributed by atoms with E-state index in [2.05, 4.69) is 41.1 Å². The molecule has 11 heteroatoms. The van der Waals surface area contributed by atoms with Crippen LogP contribution in [0.4, 0.5) is 4.39 Å². The van der Waals surface area contributed by atoms with E-state index in [1.54, 1.807) is 35.4 Å². The maximum absolute atomic E-state index is 13.1. The summed E-state index contributed by atoms with van der Waals surface area (Å²) in [7, 11) is 0. The molecule has 0 unspecified atom stereocenters. The standard InChI is InChI=1S/C13H8FN5.C8H5N3.C8H8N2/c14-10-4-9(6-16-7-10)8-19-13-11(2-1-3-17-13)12(5-15)18-19;9-4-7-6-2-1-3-10-8(6)5-11-7;1-6-7-3-2-4-9-8(7)5-10-6/h1-4,6-7H,8H2;1-3H,5H2;2-4H,5H2,1H3. The van der Waals surface area contributed by atoms with Gasteiger partial charge in [-0.1, -0.05) is 0 Å². The van der Waals surface area contributed by atoms with Gasteiger partial charge in [-0.2, -0.15) is 15.6 Å². The van der Waals surface area contributed by atoms with Crippen molar-refractivity contribution < 1.29 is 4.39 Å². The van der Waals surface area contributed by atoms with Crippen molar-refractivity contribution in [3.05, 3.63) is 113 Å². The second-order valence-electron chi connectivity index (χ2n) is 8.68. The molecule has 7 rings (SSSR count). The van der Waals surface area contributed by atoms with E-state index in [1.165, 1.54) is 11.6 Å². The summed E-state index contributed by atoms with van der Waals surface area (Å²) in [6, 6.07) is 16.7. The van der Waals surface area contributed by atoms with Crippen LogP contribution in [0.3, 0.4) is 0 Å². The Labute approximate surface area is 228 Å². The van der Waals surface area contributed by atoms with Gasteiger partial charge in [0.25, 0.3) is 0 Å². The van der Waals surface area contributed by atoms with Crippen molar-refractivity contribution in [3.63, 3.8) is 0 Å². The minimum absolute atomic E-state index is 0.312. The van der Waals surface area contributed by atoms with Gasteiger partial charge in [0.05, 0.1) is 42.6 Å². The molecule has 7 heterocycles. The molecule has 0 fully saturated rings. The number of hydrogen-bond acceptors (Lipinski definition) is 9. The van der Waals surface area contributed by atoms with Gasteiger partial charge in [-0.3, -0.25) is 24.9 Å². The Bertz CT molecular complexity index is 1840. The third-order valence-corrected chi connectivity index (χ3v) is 6.09. The lowest BCUT2D eigenvalue weighted by Gasteiger charge is -2.02. The Kier molecular flexibility index (Phi) is 7.65. The molecule has 0 aliphatic carbocycles. The topological polar surface area (TPSA) is 142 Å². The summed E-state index contributed by atoms with van der Waals surface area (Å²) in [5, 5.41) is 22.5. The Morgan fingerprint density at radius 1 is 0.875 bits per heavy atom. The van der Waals surface area contributed by atoms with Gasteiger partial charge in [-0.25, -0.2) is 14.1 Å². The summed E-state index contributed by atoms with van der Waals surface area (Å²) in [4.78, 5) is 24.5. The Morgan fingerprint density at radius 2 is 1.57 bits per heavy atom. The molecule has 0 atom stereocenters. The first-order chi connectivity index (χ1) is 19.6. The molecule has 10 nitrogen and oxygen atoms in total. The fraction of sp³-hybridized carbons (Fsp3) is 0.138. The monoisotopic (exact) mass is 528 g/mol. The number of halogens is 1. The lowest BCUT2D eigenvalue weighted by molar-refractivity contribution is 0.613. The number of pyridine rings is 4. The van der Waals surface area contributed by atoms with Crippen molar-refractivity contribution in [2.75, 3.05) is 0 Å². The van der Waals surface area contributed by atoms with Crippen molar-refractivity contribution >= 4 is 22.5 Å². The molecule has 0 N–H and O–H groups in total. The van der Waals surface area contributed by atoms with Crippen LogP contribution in [0.2, 0.25) is 0 Å². The van der Waals surface area contributed by atoms with Crippen molar-refractivity contribution in [2.45, 2.75) is 26.6 Å². The zero-order chi connectivity index (χ0) is 27.9. The van der Waals surface area contributed by atoms with E-state index in [0.717, 1.165) is 35.4 Å². The van der Waals surface area contributed by atoms with Gasteiger partial charge in [0.2, 0.25) is 0 Å². The molecule has 194 valence electrons. The summed E-state index contributed by atoms with van der Waals surface area (Å²) in [5.74, 6) is -0.401. The fourth-order valence-corrected chi connectivity index (χ4v) is 4.20. The normalized spacial score (nSPS) is 12.4. The summed E-state index contributed by atoms with van der Waals surface area (Å²) in [5.41, 5.74) is 7.31. The Balaban J connectivity index is 0.000000131. The first kappa shape index (κ1) is 25.9. The average Bonchev–Trinajstić information content (AvgIpc) is 3.69. The molecule has 0 radical (unpaired) electrons. The van der Waals surface area contributed by atoms with E-state index in [4.69, 9.17) is 10.5 Å². The molecule has 0 bridgehead atoms. The molecular weight excluding hydrogens is 507 g/mol. The van der Waals surface area contributed by atoms with Crippen LogP contribution in [0.25, 0.3) is 11.0 Å². The molecule has 0 saturated carbocycles. The van der Waals surface area contributed by atoms with Crippen LogP contribution in [0.1, 0.15) is 40.7 Å². The summed E-state index contributed by atoms with van der Waals surface area (Å²) >= 11 is 0. The predicted molar refractivity (Wildman–Crippen MR) is 146 cm³/mol. The van der Waals surface area contributed by atoms with Crippen LogP contribution in [0.15, 0.2) is 83.4 Å². The number of hydrogen-bond donors (Lipinski definition) is 0. The van der Waals surface area contributed by atoms with Crippen molar-refractivity contribution in [1.82, 2.24) is 29.7 Å². The molecular formula is C29H21FN10. The largest absolute Gasteiger partial charge is 0.283 e. The first-order valence-electron chi connectivity index (χ1n) is 12.2. The van der Waals surface area contributed by atoms with Crippen molar-refractivity contribution in [3.8, 4) is 12.1 Å². The van der Waals surface area contributed by atoms with Gasteiger partial charge in [-0.05, 0) is 55.0 Å². The minimum atomic E-state index is -0.401. The van der Waals surface area contributed by atoms with E-state index >= 15 is 0 Å². The van der Waals surface area contributed by atoms with E-state index < -0.39 is 5.82 Å². The van der Waals surface area contributed by atoms with E-state index in [1.807, 2.05) is 43.5 Å². The molecule has 0 amide bonds. The molecule has 0 aromatic carbocycles. The molecule has 5 aromatic rings. The second kappa shape index (κ2) is 11.8. The van der Waals surface area contributed by atoms with Gasteiger partial charge >= 0.3 is 0 Å². The van der Waals surface area contributed by atoms with Crippen LogP contribution in [0, 0.1) is 28.5 Å². The zero-order valence-electron chi connectivity index (χ0n) is 21.4. The average molecular weight is 529 g/mol. The maximum atomic E-state index is 13.1. The smallest absolute Gasteiger partial charge is 0.172 e. The molecule has 0 saturated heterocycles. The lowest BCUT2D eigenvalue weighted by Crippen LogP contribution is -2.03. The summed E-state index contributed by atoms with van der Waals surface area (Å²) < 4.78 is 14.7. The summed E-state index contributed by atoms with van der Waals surface area (Å²) in [6.45, 7) is 3.66. The quantitative estimate of drug-likeness (QED) is 0.334. The van der Waals surface area contributed by atoms with E-state index in [9.17, 15) is 4.39 Å². The SMILES string of the molecule is CC1=NCc2ncccc21.N#CC1=NCc2ncccc21.N#Cc1nn(Cc2cncc(F)c2)c2ncccc12. The molecule has 0 spiro atoms. The van der Waals surface area contributed by atoms with Gasteiger partial charge in [0.1, 0.15) is 23.7 Å². The highest BCUT2D eigenvalue weighted by molar-refractivity contribution is 6.13. The Hall–Kier alpha value is -5.68. The predicted octanol–water partition coefficient (Wildman–Crippen LogP) is 4.20. The minimum Gasteiger partial charge on any atom is -0.283 e. The van der Waals surface area contributed by atoms with Crippen LogP contribution in [-0.2, 0) is 19.6 Å². The van der Waals surface area contributed by atoms with Crippen molar-refractivity contribution in [1.29, 1.82) is 10.5 Å². The molecule has 2 aliphatic heterocycles. The maximum Gasteiger partial charge on any atom is 0.172 e. The third kappa shape index (κ3) is 5.59. The first-order valence-corrected chi connectivity index (χ1v) is 12.2. The number of fused-ring (bicyclic) bond motifs is 3. The van der Waals surface area contributed by atoms with Gasteiger partial charge in [-0.15, -0.1) is 0 Å². The van der Waals surface area contributed by atoms with Gasteiger partial charge in [0, 0.05) is 41.6 Å². The zero-order valence-corrected chi connectivity index (χ0v) is 21.4. The molecule has 40 heavy (non-hydrogen) atoms. The molecule has 5 aromatic heterocycles. The highest BCUT2D eigenvalue weighted by Crippen LogP contribution is 2.17. The van der Waals surface area contributed by atoms with E-state index in [-0.39, 0.29) is 0 Å².